The molecule has 0 radical (unpaired) electrons. The van der Waals surface area contributed by atoms with Crippen LogP contribution in [0.5, 0.6) is 0 Å². The second-order valence-electron chi connectivity index (χ2n) is 12.8. The van der Waals surface area contributed by atoms with Crippen molar-refractivity contribution < 1.29 is 19.4 Å². The van der Waals surface area contributed by atoms with Gasteiger partial charge in [0.1, 0.15) is 6.10 Å². The second-order valence-corrected chi connectivity index (χ2v) is 12.8. The maximum Gasteiger partial charge on any atom is 0.306 e. The van der Waals surface area contributed by atoms with Crippen LogP contribution in [0.1, 0.15) is 213 Å². The average molecular weight is 593 g/mol. The highest BCUT2D eigenvalue weighted by atomic mass is 16.5. The Hall–Kier alpha value is -1.32. The van der Waals surface area contributed by atoms with E-state index in [1.807, 2.05) is 0 Å². The molecule has 0 aromatic heterocycles. The van der Waals surface area contributed by atoms with Crippen molar-refractivity contribution in [2.24, 2.45) is 0 Å². The van der Waals surface area contributed by atoms with Crippen LogP contribution >= 0.6 is 0 Å². The van der Waals surface area contributed by atoms with E-state index < -0.39 is 5.97 Å². The van der Waals surface area contributed by atoms with Gasteiger partial charge in [0.05, 0.1) is 0 Å². The standard InChI is InChI=1S/C38H72O4/c1-3-5-7-9-10-11-12-13-14-15-16-21-24-27-31-35-38(41)42-36(32-28-8-6-4-2)33-29-25-22-19-17-18-20-23-26-30-34-37(39)40/h13-14,36H,3-12,15-35H2,1-2H3,(H,39,40)/b14-13-. The minimum Gasteiger partial charge on any atom is -0.481 e. The number of carbonyl (C=O) groups excluding carboxylic acids is 1. The Kier molecular flexibility index (Phi) is 33.1. The number of esters is 1. The summed E-state index contributed by atoms with van der Waals surface area (Å²) in [4.78, 5) is 23.1. The zero-order valence-corrected chi connectivity index (χ0v) is 28.3. The summed E-state index contributed by atoms with van der Waals surface area (Å²) in [6.45, 7) is 4.51. The van der Waals surface area contributed by atoms with Gasteiger partial charge in [-0.1, -0.05) is 148 Å². The average Bonchev–Trinajstić information content (AvgIpc) is 2.97. The number of aliphatic carboxylic acids is 1. The van der Waals surface area contributed by atoms with Crippen molar-refractivity contribution >= 4 is 11.9 Å². The molecule has 0 aliphatic carbocycles. The third-order valence-electron chi connectivity index (χ3n) is 8.49. The minimum atomic E-state index is -0.675. The van der Waals surface area contributed by atoms with Gasteiger partial charge in [0, 0.05) is 12.8 Å². The summed E-state index contributed by atoms with van der Waals surface area (Å²) >= 11 is 0. The maximum absolute atomic E-state index is 12.6. The summed E-state index contributed by atoms with van der Waals surface area (Å²) < 4.78 is 5.97. The van der Waals surface area contributed by atoms with Crippen LogP contribution in [0.3, 0.4) is 0 Å². The Morgan fingerprint density at radius 1 is 0.500 bits per heavy atom. The molecule has 0 aromatic carbocycles. The van der Waals surface area contributed by atoms with E-state index in [9.17, 15) is 9.59 Å². The summed E-state index contributed by atoms with van der Waals surface area (Å²) in [5.74, 6) is -0.650. The van der Waals surface area contributed by atoms with Crippen LogP contribution in [0.15, 0.2) is 12.2 Å². The third-order valence-corrected chi connectivity index (χ3v) is 8.49. The Balaban J connectivity index is 3.82. The van der Waals surface area contributed by atoms with Crippen LogP contribution in [0.4, 0.5) is 0 Å². The SMILES string of the molecule is CCCCCCCC/C=C\CCCCCCCC(=O)OC(CCCCCC)CCCCCCCCCCCCC(=O)O. The Bertz CT molecular complexity index is 600. The highest BCUT2D eigenvalue weighted by Gasteiger charge is 2.14. The molecule has 0 heterocycles. The normalized spacial score (nSPS) is 12.2. The number of ether oxygens (including phenoxy) is 1. The lowest BCUT2D eigenvalue weighted by molar-refractivity contribution is -0.150. The number of carboxylic acid groups (broad SMARTS) is 1. The van der Waals surface area contributed by atoms with Gasteiger partial charge in [0.15, 0.2) is 0 Å². The lowest BCUT2D eigenvalue weighted by Crippen LogP contribution is -2.18. The molecule has 42 heavy (non-hydrogen) atoms. The van der Waals surface area contributed by atoms with Gasteiger partial charge in [-0.2, -0.15) is 0 Å². The smallest absolute Gasteiger partial charge is 0.306 e. The quantitative estimate of drug-likeness (QED) is 0.0458. The first kappa shape index (κ1) is 40.7. The maximum atomic E-state index is 12.6. The Morgan fingerprint density at radius 3 is 1.31 bits per heavy atom. The van der Waals surface area contributed by atoms with Crippen molar-refractivity contribution in [2.75, 3.05) is 0 Å². The number of allylic oxidation sites excluding steroid dienone is 2. The largest absolute Gasteiger partial charge is 0.481 e. The van der Waals surface area contributed by atoms with E-state index in [0.717, 1.165) is 51.4 Å². The lowest BCUT2D eigenvalue weighted by Gasteiger charge is -2.18. The molecule has 1 atom stereocenters. The van der Waals surface area contributed by atoms with Crippen molar-refractivity contribution in [3.8, 4) is 0 Å². The molecule has 0 amide bonds. The summed E-state index contributed by atoms with van der Waals surface area (Å²) in [7, 11) is 0. The lowest BCUT2D eigenvalue weighted by atomic mass is 10.0. The van der Waals surface area contributed by atoms with Crippen LogP contribution in [0.2, 0.25) is 0 Å². The van der Waals surface area contributed by atoms with Crippen molar-refractivity contribution in [3.63, 3.8) is 0 Å². The van der Waals surface area contributed by atoms with E-state index in [4.69, 9.17) is 9.84 Å². The summed E-state index contributed by atoms with van der Waals surface area (Å²) in [5.41, 5.74) is 0. The number of carbonyl (C=O) groups is 2. The monoisotopic (exact) mass is 593 g/mol. The Labute approximate surface area is 262 Å². The minimum absolute atomic E-state index is 0.0245. The van der Waals surface area contributed by atoms with Crippen LogP contribution < -0.4 is 0 Å². The molecule has 248 valence electrons. The van der Waals surface area contributed by atoms with Crippen LogP contribution in [0.25, 0.3) is 0 Å². The van der Waals surface area contributed by atoms with Gasteiger partial charge in [-0.05, 0) is 64.2 Å². The van der Waals surface area contributed by atoms with Crippen molar-refractivity contribution in [1.29, 1.82) is 0 Å². The molecular weight excluding hydrogens is 520 g/mol. The molecule has 0 rings (SSSR count). The second kappa shape index (κ2) is 34.2. The van der Waals surface area contributed by atoms with Gasteiger partial charge in [-0.25, -0.2) is 0 Å². The first-order chi connectivity index (χ1) is 20.6. The van der Waals surface area contributed by atoms with Gasteiger partial charge in [-0.3, -0.25) is 9.59 Å². The fourth-order valence-electron chi connectivity index (χ4n) is 5.71. The molecule has 0 fully saturated rings. The zero-order valence-electron chi connectivity index (χ0n) is 28.3. The molecule has 1 N–H and O–H groups in total. The zero-order chi connectivity index (χ0) is 30.8. The third kappa shape index (κ3) is 33.2. The van der Waals surface area contributed by atoms with E-state index >= 15 is 0 Å². The number of rotatable bonds is 34. The fourth-order valence-corrected chi connectivity index (χ4v) is 5.71. The summed E-state index contributed by atoms with van der Waals surface area (Å²) in [5, 5.41) is 8.69. The van der Waals surface area contributed by atoms with Gasteiger partial charge >= 0.3 is 11.9 Å². The topological polar surface area (TPSA) is 63.6 Å². The van der Waals surface area contributed by atoms with Gasteiger partial charge in [-0.15, -0.1) is 0 Å². The van der Waals surface area contributed by atoms with Gasteiger partial charge < -0.3 is 9.84 Å². The summed E-state index contributed by atoms with van der Waals surface area (Å²) in [6, 6.07) is 0. The predicted octanol–water partition coefficient (Wildman–Crippen LogP) is 12.7. The number of hydrogen-bond acceptors (Lipinski definition) is 3. The molecule has 0 bridgehead atoms. The molecule has 0 saturated heterocycles. The van der Waals surface area contributed by atoms with Crippen LogP contribution in [0, 0.1) is 0 Å². The molecule has 4 heteroatoms. The Morgan fingerprint density at radius 2 is 0.857 bits per heavy atom. The first-order valence-corrected chi connectivity index (χ1v) is 18.7. The van der Waals surface area contributed by atoms with E-state index in [0.29, 0.717) is 12.8 Å². The molecular formula is C38H72O4. The number of hydrogen-bond donors (Lipinski definition) is 1. The van der Waals surface area contributed by atoms with E-state index in [2.05, 4.69) is 26.0 Å². The molecule has 0 spiro atoms. The fraction of sp³-hybridized carbons (Fsp3) is 0.895. The van der Waals surface area contributed by atoms with Crippen molar-refractivity contribution in [1.82, 2.24) is 0 Å². The highest BCUT2D eigenvalue weighted by Crippen LogP contribution is 2.18. The predicted molar refractivity (Wildman–Crippen MR) is 181 cm³/mol. The number of carboxylic acids is 1. The molecule has 0 saturated carbocycles. The van der Waals surface area contributed by atoms with Crippen molar-refractivity contribution in [3.05, 3.63) is 12.2 Å². The molecule has 1 unspecified atom stereocenters. The van der Waals surface area contributed by atoms with E-state index in [1.54, 1.807) is 0 Å². The highest BCUT2D eigenvalue weighted by molar-refractivity contribution is 5.69. The first-order valence-electron chi connectivity index (χ1n) is 18.7. The molecule has 0 aromatic rings. The molecule has 4 nitrogen and oxygen atoms in total. The number of unbranched alkanes of at least 4 members (excludes halogenated alkanes) is 23. The van der Waals surface area contributed by atoms with Crippen LogP contribution in [-0.4, -0.2) is 23.1 Å². The van der Waals surface area contributed by atoms with Crippen LogP contribution in [-0.2, 0) is 14.3 Å². The van der Waals surface area contributed by atoms with Crippen molar-refractivity contribution in [2.45, 2.75) is 219 Å². The van der Waals surface area contributed by atoms with Gasteiger partial charge in [0.25, 0.3) is 0 Å². The molecule has 0 aliphatic rings. The molecule has 0 aliphatic heterocycles. The summed E-state index contributed by atoms with van der Waals surface area (Å²) in [6.07, 6.45) is 41.0. The van der Waals surface area contributed by atoms with E-state index in [1.165, 1.54) is 135 Å². The van der Waals surface area contributed by atoms with E-state index in [-0.39, 0.29) is 12.1 Å². The van der Waals surface area contributed by atoms with Gasteiger partial charge in [0.2, 0.25) is 0 Å².